The van der Waals surface area contributed by atoms with Gasteiger partial charge in [-0.2, -0.15) is 0 Å². The van der Waals surface area contributed by atoms with Crippen molar-refractivity contribution in [3.8, 4) is 33.4 Å². The van der Waals surface area contributed by atoms with Crippen LogP contribution in [0.1, 0.15) is 22.3 Å². The summed E-state index contributed by atoms with van der Waals surface area (Å²) in [6.07, 6.45) is 0. The van der Waals surface area contributed by atoms with Gasteiger partial charge in [-0.15, -0.1) is 0 Å². The first-order valence-electron chi connectivity index (χ1n) is 23.2. The molecule has 0 saturated heterocycles. The Morgan fingerprint density at radius 1 is 0.152 bits per heavy atom. The van der Waals surface area contributed by atoms with E-state index in [0.29, 0.717) is 0 Å². The zero-order valence-electron chi connectivity index (χ0n) is 37.8. The van der Waals surface area contributed by atoms with Crippen molar-refractivity contribution in [2.75, 3.05) is 0 Å². The lowest BCUT2D eigenvalue weighted by Crippen LogP contribution is -1.93. The Balaban J connectivity index is 0.000000141. The highest BCUT2D eigenvalue weighted by Crippen LogP contribution is 2.47. The molecule has 0 heterocycles. The third kappa shape index (κ3) is 6.13. The smallest absolute Gasteiger partial charge is 0.00141 e. The maximum atomic E-state index is 2.31. The van der Waals surface area contributed by atoms with Gasteiger partial charge in [0.15, 0.2) is 0 Å². The van der Waals surface area contributed by atoms with Gasteiger partial charge in [-0.25, -0.2) is 0 Å². The van der Waals surface area contributed by atoms with Crippen molar-refractivity contribution < 1.29 is 0 Å². The molecule has 0 fully saturated rings. The third-order valence-electron chi connectivity index (χ3n) is 14.5. The summed E-state index contributed by atoms with van der Waals surface area (Å²) in [5.74, 6) is 0. The number of rotatable bonds is 3. The molecule has 0 spiro atoms. The summed E-state index contributed by atoms with van der Waals surface area (Å²) in [4.78, 5) is 0. The summed E-state index contributed by atoms with van der Waals surface area (Å²) in [5.41, 5.74) is 13.2. The predicted molar refractivity (Wildman–Crippen MR) is 288 cm³/mol. The monoisotopic (exact) mass is 840 g/mol. The minimum atomic E-state index is 1.26. The Bertz CT molecular complexity index is 3580. The number of hydrogen-bond donors (Lipinski definition) is 0. The fraction of sp³-hybridized carbons (Fsp3) is 0.0606. The molecule has 0 aliphatic rings. The summed E-state index contributed by atoms with van der Waals surface area (Å²) in [5, 5.41) is 21.2. The summed E-state index contributed by atoms with van der Waals surface area (Å²) >= 11 is 0. The second kappa shape index (κ2) is 15.9. The fourth-order valence-corrected chi connectivity index (χ4v) is 11.3. The van der Waals surface area contributed by atoms with E-state index in [9.17, 15) is 0 Å². The second-order valence-corrected chi connectivity index (χ2v) is 17.9. The van der Waals surface area contributed by atoms with E-state index < -0.39 is 0 Å². The van der Waals surface area contributed by atoms with E-state index in [1.807, 2.05) is 0 Å². The molecule has 66 heavy (non-hydrogen) atoms. The normalized spacial score (nSPS) is 11.6. The van der Waals surface area contributed by atoms with E-state index in [1.165, 1.54) is 142 Å². The van der Waals surface area contributed by atoms with Crippen LogP contribution in [0.2, 0.25) is 0 Å². The molecule has 13 aromatic carbocycles. The first-order valence-corrected chi connectivity index (χ1v) is 23.2. The third-order valence-corrected chi connectivity index (χ3v) is 14.5. The van der Waals surface area contributed by atoms with Gasteiger partial charge < -0.3 is 0 Å². The fourth-order valence-electron chi connectivity index (χ4n) is 11.3. The maximum absolute atomic E-state index is 2.31. The molecule has 13 aromatic rings. The molecular weight excluding hydrogens is 793 g/mol. The highest BCUT2D eigenvalue weighted by Gasteiger charge is 2.20. The van der Waals surface area contributed by atoms with Gasteiger partial charge in [-0.05, 0) is 170 Å². The van der Waals surface area contributed by atoms with Crippen LogP contribution in [0.25, 0.3) is 120 Å². The van der Waals surface area contributed by atoms with Crippen LogP contribution in [0.15, 0.2) is 218 Å². The van der Waals surface area contributed by atoms with Crippen LogP contribution >= 0.6 is 0 Å². The number of fused-ring (bicyclic) bond motifs is 8. The van der Waals surface area contributed by atoms with Crippen molar-refractivity contribution in [2.45, 2.75) is 27.7 Å². The highest BCUT2D eigenvalue weighted by atomic mass is 14.2. The van der Waals surface area contributed by atoms with Crippen molar-refractivity contribution in [3.63, 3.8) is 0 Å². The molecule has 0 heteroatoms. The van der Waals surface area contributed by atoms with Gasteiger partial charge in [0.25, 0.3) is 0 Å². The van der Waals surface area contributed by atoms with Gasteiger partial charge in [-0.3, -0.25) is 0 Å². The van der Waals surface area contributed by atoms with Gasteiger partial charge in [0, 0.05) is 0 Å². The highest BCUT2D eigenvalue weighted by molar-refractivity contribution is 6.25. The van der Waals surface area contributed by atoms with Crippen LogP contribution in [-0.4, -0.2) is 0 Å². The van der Waals surface area contributed by atoms with Crippen molar-refractivity contribution >= 4 is 86.2 Å². The Kier molecular flexibility index (Phi) is 9.51. The molecule has 0 bridgehead atoms. The average Bonchev–Trinajstić information content (AvgIpc) is 3.38. The topological polar surface area (TPSA) is 0 Å². The molecule has 312 valence electrons. The number of benzene rings is 13. The van der Waals surface area contributed by atoms with Crippen LogP contribution in [0.4, 0.5) is 0 Å². The molecule has 0 radical (unpaired) electrons. The zero-order chi connectivity index (χ0) is 44.5. The van der Waals surface area contributed by atoms with E-state index in [1.54, 1.807) is 0 Å². The first kappa shape index (κ1) is 39.5. The Labute approximate surface area is 386 Å². The SMILES string of the molecule is Cc1c2ccccc2c(-c2c3ccccc3c(C)c3ccccc23)c2ccccc12.Cc1c2ccccc2c(-c2ccc(-c3c4ccccc4c(C)c4ccccc34)cc2)c2ccccc12. The molecular formula is C66H48. The minimum absolute atomic E-state index is 1.26. The van der Waals surface area contributed by atoms with E-state index in [2.05, 4.69) is 246 Å². The summed E-state index contributed by atoms with van der Waals surface area (Å²) < 4.78 is 0. The minimum Gasteiger partial charge on any atom is -0.0616 e. The standard InChI is InChI=1S/C36H26.C30H22/c1-23-27-11-3-7-15-31(27)35(32-16-8-4-12-28(23)32)25-19-21-26(22-20-25)36-33-17-9-5-13-29(33)24(2)30-14-6-10-18-34(30)36;1-19-21-11-3-7-15-25(21)29(26-16-8-4-12-22(19)26)30-27-17-9-5-13-23(27)20(2)24-14-6-10-18-28(24)30/h3-22H,1-2H3;3-18H,1-2H3. The first-order chi connectivity index (χ1) is 32.5. The van der Waals surface area contributed by atoms with Crippen LogP contribution in [0.3, 0.4) is 0 Å². The van der Waals surface area contributed by atoms with Gasteiger partial charge in [-0.1, -0.05) is 218 Å². The van der Waals surface area contributed by atoms with E-state index in [0.717, 1.165) is 0 Å². The Hall–Kier alpha value is -8.06. The average molecular weight is 841 g/mol. The van der Waals surface area contributed by atoms with Crippen LogP contribution in [0, 0.1) is 27.7 Å². The summed E-state index contributed by atoms with van der Waals surface area (Å²) in [6, 6.07) is 79.9. The molecule has 0 N–H and O–H groups in total. The van der Waals surface area contributed by atoms with Gasteiger partial charge in [0.05, 0.1) is 0 Å². The Morgan fingerprint density at radius 3 is 0.455 bits per heavy atom. The quantitative estimate of drug-likeness (QED) is 0.156. The molecule has 0 saturated carbocycles. The molecule has 0 aliphatic carbocycles. The number of hydrogen-bond acceptors (Lipinski definition) is 0. The molecule has 0 atom stereocenters. The van der Waals surface area contributed by atoms with Crippen molar-refractivity contribution in [3.05, 3.63) is 241 Å². The molecule has 0 nitrogen and oxygen atoms in total. The summed E-state index contributed by atoms with van der Waals surface area (Å²) in [6.45, 7) is 8.98. The molecule has 0 unspecified atom stereocenters. The maximum Gasteiger partial charge on any atom is -0.00141 e. The van der Waals surface area contributed by atoms with Crippen LogP contribution < -0.4 is 0 Å². The van der Waals surface area contributed by atoms with Gasteiger partial charge in [0.2, 0.25) is 0 Å². The van der Waals surface area contributed by atoms with Gasteiger partial charge in [0.1, 0.15) is 0 Å². The molecule has 0 amide bonds. The molecule has 13 rings (SSSR count). The number of aryl methyl sites for hydroxylation is 4. The zero-order valence-corrected chi connectivity index (χ0v) is 37.8. The van der Waals surface area contributed by atoms with Gasteiger partial charge >= 0.3 is 0 Å². The van der Waals surface area contributed by atoms with Crippen LogP contribution in [-0.2, 0) is 0 Å². The lowest BCUT2D eigenvalue weighted by molar-refractivity contribution is 1.57. The lowest BCUT2D eigenvalue weighted by Gasteiger charge is -2.20. The van der Waals surface area contributed by atoms with E-state index >= 15 is 0 Å². The molecule has 0 aliphatic heterocycles. The van der Waals surface area contributed by atoms with Crippen molar-refractivity contribution in [1.29, 1.82) is 0 Å². The van der Waals surface area contributed by atoms with E-state index in [4.69, 9.17) is 0 Å². The lowest BCUT2D eigenvalue weighted by atomic mass is 9.83. The molecule has 0 aromatic heterocycles. The van der Waals surface area contributed by atoms with Crippen molar-refractivity contribution in [2.24, 2.45) is 0 Å². The predicted octanol–water partition coefficient (Wildman–Crippen LogP) is 18.8. The Morgan fingerprint density at radius 2 is 0.288 bits per heavy atom. The van der Waals surface area contributed by atoms with Crippen LogP contribution in [0.5, 0.6) is 0 Å². The largest absolute Gasteiger partial charge is 0.0616 e. The second-order valence-electron chi connectivity index (χ2n) is 17.9. The van der Waals surface area contributed by atoms with Crippen molar-refractivity contribution in [1.82, 2.24) is 0 Å². The summed E-state index contributed by atoms with van der Waals surface area (Å²) in [7, 11) is 0. The van der Waals surface area contributed by atoms with E-state index in [-0.39, 0.29) is 0 Å².